The Morgan fingerprint density at radius 1 is 1.25 bits per heavy atom. The molecule has 0 aliphatic carbocycles. The average Bonchev–Trinajstić information content (AvgIpc) is 3.02. The van der Waals surface area contributed by atoms with Crippen molar-refractivity contribution in [1.29, 1.82) is 0 Å². The second kappa shape index (κ2) is 7.09. The third-order valence-electron chi connectivity index (χ3n) is 2.98. The second-order valence-corrected chi connectivity index (χ2v) is 5.68. The first-order valence-electron chi connectivity index (χ1n) is 6.88. The molecule has 24 heavy (non-hydrogen) atoms. The van der Waals surface area contributed by atoms with Crippen LogP contribution in [0.25, 0.3) is 5.69 Å². The Morgan fingerprint density at radius 2 is 2.04 bits per heavy atom. The van der Waals surface area contributed by atoms with Crippen molar-refractivity contribution >= 4 is 23.4 Å². The minimum Gasteiger partial charge on any atom is -0.508 e. The molecule has 0 saturated heterocycles. The van der Waals surface area contributed by atoms with Crippen LogP contribution in [0.3, 0.4) is 0 Å². The summed E-state index contributed by atoms with van der Waals surface area (Å²) < 4.78 is 14.5. The van der Waals surface area contributed by atoms with E-state index in [-0.39, 0.29) is 17.4 Å². The summed E-state index contributed by atoms with van der Waals surface area (Å²) >= 11 is 1.14. The van der Waals surface area contributed by atoms with Crippen molar-refractivity contribution < 1.29 is 14.3 Å². The van der Waals surface area contributed by atoms with Gasteiger partial charge in [-0.25, -0.2) is 4.39 Å². The van der Waals surface area contributed by atoms with E-state index in [0.29, 0.717) is 16.5 Å². The monoisotopic (exact) mass is 345 g/mol. The number of benzene rings is 2. The molecule has 0 aliphatic rings. The van der Waals surface area contributed by atoms with E-state index in [1.807, 2.05) is 0 Å². The molecule has 0 radical (unpaired) electrons. The Morgan fingerprint density at radius 3 is 2.79 bits per heavy atom. The van der Waals surface area contributed by atoms with E-state index in [0.717, 1.165) is 11.8 Å². The molecule has 0 atom stereocenters. The Hall–Kier alpha value is -2.94. The van der Waals surface area contributed by atoms with Crippen LogP contribution in [0.15, 0.2) is 53.7 Å². The van der Waals surface area contributed by atoms with Gasteiger partial charge in [0, 0.05) is 5.69 Å². The third kappa shape index (κ3) is 3.87. The predicted molar refractivity (Wildman–Crippen MR) is 86.6 cm³/mol. The minimum atomic E-state index is -0.420. The van der Waals surface area contributed by atoms with E-state index >= 15 is 0 Å². The maximum Gasteiger partial charge on any atom is 0.234 e. The normalized spacial score (nSPS) is 10.5. The zero-order valence-corrected chi connectivity index (χ0v) is 13.1. The van der Waals surface area contributed by atoms with E-state index in [1.165, 1.54) is 35.0 Å². The first kappa shape index (κ1) is 15.9. The smallest absolute Gasteiger partial charge is 0.234 e. The Bertz CT molecular complexity index is 853. The topological polar surface area (TPSA) is 92.9 Å². The number of rotatable bonds is 5. The minimum absolute atomic E-state index is 0.0645. The number of nitrogens with one attached hydrogen (secondary N) is 1. The number of aromatic hydroxyl groups is 1. The van der Waals surface area contributed by atoms with Crippen molar-refractivity contribution in [3.8, 4) is 11.4 Å². The number of amides is 1. The lowest BCUT2D eigenvalue weighted by atomic mass is 10.3. The summed E-state index contributed by atoms with van der Waals surface area (Å²) in [6.45, 7) is 0. The molecule has 3 rings (SSSR count). The lowest BCUT2D eigenvalue weighted by molar-refractivity contribution is -0.113. The summed E-state index contributed by atoms with van der Waals surface area (Å²) in [5, 5.41) is 23.7. The molecule has 2 aromatic carbocycles. The maximum absolute atomic E-state index is 13.1. The number of phenols is 1. The first-order valence-corrected chi connectivity index (χ1v) is 7.86. The molecule has 1 aromatic heterocycles. The molecule has 0 unspecified atom stereocenters. The van der Waals surface area contributed by atoms with Crippen LogP contribution in [0.4, 0.5) is 10.1 Å². The van der Waals surface area contributed by atoms with E-state index in [9.17, 15) is 14.3 Å². The van der Waals surface area contributed by atoms with Gasteiger partial charge in [0.1, 0.15) is 11.6 Å². The summed E-state index contributed by atoms with van der Waals surface area (Å²) in [5.41, 5.74) is 1.05. The maximum atomic E-state index is 13.1. The van der Waals surface area contributed by atoms with Gasteiger partial charge in [-0.05, 0) is 52.9 Å². The molecule has 0 spiro atoms. The van der Waals surface area contributed by atoms with Crippen LogP contribution >= 0.6 is 11.8 Å². The second-order valence-electron chi connectivity index (χ2n) is 4.74. The number of thioether (sulfide) groups is 1. The van der Waals surface area contributed by atoms with Gasteiger partial charge < -0.3 is 10.4 Å². The highest BCUT2D eigenvalue weighted by molar-refractivity contribution is 7.99. The quantitative estimate of drug-likeness (QED) is 0.689. The highest BCUT2D eigenvalue weighted by Crippen LogP contribution is 2.20. The molecular formula is C15H12FN5O2S. The van der Waals surface area contributed by atoms with Crippen LogP contribution in [-0.2, 0) is 4.79 Å². The van der Waals surface area contributed by atoms with Crippen molar-refractivity contribution in [1.82, 2.24) is 20.2 Å². The fourth-order valence-electron chi connectivity index (χ4n) is 1.92. The zero-order chi connectivity index (χ0) is 16.9. The number of carbonyl (C=O) groups is 1. The lowest BCUT2D eigenvalue weighted by Gasteiger charge is -2.06. The molecule has 0 fully saturated rings. The van der Waals surface area contributed by atoms with E-state index in [2.05, 4.69) is 20.8 Å². The van der Waals surface area contributed by atoms with Crippen LogP contribution in [-0.4, -0.2) is 37.0 Å². The van der Waals surface area contributed by atoms with E-state index in [4.69, 9.17) is 0 Å². The zero-order valence-electron chi connectivity index (χ0n) is 12.3. The molecule has 122 valence electrons. The summed E-state index contributed by atoms with van der Waals surface area (Å²) in [5.74, 6) is -0.521. The number of aromatic nitrogens is 4. The van der Waals surface area contributed by atoms with Crippen LogP contribution in [0.1, 0.15) is 0 Å². The van der Waals surface area contributed by atoms with Gasteiger partial charge in [-0.3, -0.25) is 4.79 Å². The summed E-state index contributed by atoms with van der Waals surface area (Å²) in [4.78, 5) is 11.9. The Kier molecular flexibility index (Phi) is 4.71. The predicted octanol–water partition coefficient (Wildman–Crippen LogP) is 2.24. The van der Waals surface area contributed by atoms with E-state index in [1.54, 1.807) is 18.2 Å². The molecule has 0 bridgehead atoms. The number of halogens is 1. The number of hydrogen-bond donors (Lipinski definition) is 2. The number of carbonyl (C=O) groups excluding carboxylic acids is 1. The molecule has 7 nitrogen and oxygen atoms in total. The summed E-state index contributed by atoms with van der Waals surface area (Å²) in [6, 6.07) is 12.0. The van der Waals surface area contributed by atoms with Crippen LogP contribution in [0.5, 0.6) is 5.75 Å². The molecule has 9 heteroatoms. The number of anilines is 1. The Balaban J connectivity index is 1.64. The van der Waals surface area contributed by atoms with Gasteiger partial charge in [0.15, 0.2) is 0 Å². The van der Waals surface area contributed by atoms with Gasteiger partial charge in [-0.15, -0.1) is 5.10 Å². The van der Waals surface area contributed by atoms with Gasteiger partial charge in [-0.2, -0.15) is 4.68 Å². The highest BCUT2D eigenvalue weighted by atomic mass is 32.2. The Labute approximate surface area is 140 Å². The number of phenolic OH excluding ortho intramolecular Hbond substituents is 1. The lowest BCUT2D eigenvalue weighted by Crippen LogP contribution is -2.14. The van der Waals surface area contributed by atoms with Gasteiger partial charge in [0.2, 0.25) is 11.1 Å². The molecule has 2 N–H and O–H groups in total. The van der Waals surface area contributed by atoms with E-state index < -0.39 is 5.82 Å². The third-order valence-corrected chi connectivity index (χ3v) is 3.90. The largest absolute Gasteiger partial charge is 0.508 e. The molecular weight excluding hydrogens is 333 g/mol. The SMILES string of the molecule is O=C(CSc1nnnn1-c1ccc(O)cc1)Nc1cccc(F)c1. The fraction of sp³-hybridized carbons (Fsp3) is 0.0667. The molecule has 0 aliphatic heterocycles. The standard InChI is InChI=1S/C15H12FN5O2S/c16-10-2-1-3-11(8-10)17-14(23)9-24-15-18-19-20-21(15)12-4-6-13(22)7-5-12/h1-8,22H,9H2,(H,17,23). The van der Waals surface area contributed by atoms with Crippen LogP contribution in [0, 0.1) is 5.82 Å². The van der Waals surface area contributed by atoms with Gasteiger partial charge in [0.05, 0.1) is 11.4 Å². The van der Waals surface area contributed by atoms with Crippen molar-refractivity contribution in [2.24, 2.45) is 0 Å². The average molecular weight is 345 g/mol. The van der Waals surface area contributed by atoms with Crippen molar-refractivity contribution in [3.63, 3.8) is 0 Å². The molecule has 1 heterocycles. The molecule has 1 amide bonds. The van der Waals surface area contributed by atoms with Gasteiger partial charge >= 0.3 is 0 Å². The van der Waals surface area contributed by atoms with Crippen molar-refractivity contribution in [2.45, 2.75) is 5.16 Å². The van der Waals surface area contributed by atoms with Crippen molar-refractivity contribution in [3.05, 3.63) is 54.3 Å². The van der Waals surface area contributed by atoms with Gasteiger partial charge in [0.25, 0.3) is 0 Å². The number of nitrogens with zero attached hydrogens (tertiary/aromatic N) is 4. The highest BCUT2D eigenvalue weighted by Gasteiger charge is 2.12. The van der Waals surface area contributed by atoms with Gasteiger partial charge in [-0.1, -0.05) is 17.8 Å². The fourth-order valence-corrected chi connectivity index (χ4v) is 2.61. The summed E-state index contributed by atoms with van der Waals surface area (Å²) in [6.07, 6.45) is 0. The van der Waals surface area contributed by atoms with Crippen LogP contribution in [0.2, 0.25) is 0 Å². The number of tetrazole rings is 1. The first-order chi connectivity index (χ1) is 11.6. The van der Waals surface area contributed by atoms with Crippen molar-refractivity contribution in [2.75, 3.05) is 11.1 Å². The summed E-state index contributed by atoms with van der Waals surface area (Å²) in [7, 11) is 0. The molecule has 3 aromatic rings. The van der Waals surface area contributed by atoms with Crippen LogP contribution < -0.4 is 5.32 Å². The number of hydrogen-bond acceptors (Lipinski definition) is 6. The molecule has 0 saturated carbocycles.